The summed E-state index contributed by atoms with van der Waals surface area (Å²) < 4.78 is 38.6. The lowest BCUT2D eigenvalue weighted by atomic mass is 9.96. The maximum Gasteiger partial charge on any atom is 0.401 e. The highest BCUT2D eigenvalue weighted by Gasteiger charge is 2.32. The number of halogens is 3. The fourth-order valence-corrected chi connectivity index (χ4v) is 2.92. The maximum absolute atomic E-state index is 12.4. The van der Waals surface area contributed by atoms with E-state index in [1.165, 1.54) is 15.6 Å². The number of piperidine rings is 1. The highest BCUT2D eigenvalue weighted by Crippen LogP contribution is 2.22. The van der Waals surface area contributed by atoms with Crippen LogP contribution in [0.1, 0.15) is 23.2 Å². The van der Waals surface area contributed by atoms with Crippen LogP contribution in [0.3, 0.4) is 0 Å². The minimum Gasteiger partial charge on any atom is -0.352 e. The van der Waals surface area contributed by atoms with E-state index in [-0.39, 0.29) is 11.8 Å². The van der Waals surface area contributed by atoms with Gasteiger partial charge in [-0.1, -0.05) is 0 Å². The lowest BCUT2D eigenvalue weighted by Gasteiger charge is -2.32. The number of carbonyl (C=O) groups is 1. The number of fused-ring (bicyclic) bond motifs is 1. The second-order valence-corrected chi connectivity index (χ2v) is 5.99. The highest BCUT2D eigenvalue weighted by atomic mass is 19.4. The van der Waals surface area contributed by atoms with Gasteiger partial charge in [0.2, 0.25) is 0 Å². The number of likely N-dealkylation sites (tertiary alicyclic amines) is 1. The molecular formula is C15H18F3N5O. The topological polar surface area (TPSA) is 62.5 Å². The highest BCUT2D eigenvalue weighted by molar-refractivity contribution is 5.99. The Hall–Kier alpha value is -2.16. The quantitative estimate of drug-likeness (QED) is 0.920. The van der Waals surface area contributed by atoms with Crippen molar-refractivity contribution in [2.45, 2.75) is 19.0 Å². The molecule has 0 atom stereocenters. The third kappa shape index (κ3) is 4.02. The van der Waals surface area contributed by atoms with Crippen LogP contribution in [-0.2, 0) is 0 Å². The molecule has 1 N–H and O–H groups in total. The normalized spacial score (nSPS) is 17.3. The van der Waals surface area contributed by atoms with Gasteiger partial charge in [0, 0.05) is 18.9 Å². The molecule has 1 aliphatic heterocycles. The van der Waals surface area contributed by atoms with Crippen molar-refractivity contribution in [1.29, 1.82) is 0 Å². The number of carbonyl (C=O) groups excluding carboxylic acids is 1. The molecule has 0 spiro atoms. The standard InChI is InChI=1S/C15H18F3N5O/c16-15(17,18)10-22-6-2-11(3-7-22)8-20-14(24)12-9-21-23-5-1-4-19-13(12)23/h1,4-5,9,11H,2-3,6-8,10H2,(H,20,24). The number of nitrogens with zero attached hydrogens (tertiary/aromatic N) is 4. The van der Waals surface area contributed by atoms with Crippen LogP contribution in [0.4, 0.5) is 13.2 Å². The first kappa shape index (κ1) is 16.7. The summed E-state index contributed by atoms with van der Waals surface area (Å²) >= 11 is 0. The summed E-state index contributed by atoms with van der Waals surface area (Å²) in [5.41, 5.74) is 0.875. The third-order valence-electron chi connectivity index (χ3n) is 4.19. The van der Waals surface area contributed by atoms with Crippen molar-refractivity contribution in [1.82, 2.24) is 24.8 Å². The molecule has 6 nitrogen and oxygen atoms in total. The molecule has 3 rings (SSSR count). The van der Waals surface area contributed by atoms with Crippen LogP contribution < -0.4 is 5.32 Å². The molecule has 1 saturated heterocycles. The Balaban J connectivity index is 1.49. The Morgan fingerprint density at radius 3 is 2.79 bits per heavy atom. The molecule has 2 aromatic heterocycles. The van der Waals surface area contributed by atoms with Crippen molar-refractivity contribution >= 4 is 11.6 Å². The Labute approximate surface area is 136 Å². The van der Waals surface area contributed by atoms with Crippen molar-refractivity contribution in [3.63, 3.8) is 0 Å². The van der Waals surface area contributed by atoms with Crippen LogP contribution in [0, 0.1) is 5.92 Å². The number of hydrogen-bond donors (Lipinski definition) is 1. The van der Waals surface area contributed by atoms with Crippen LogP contribution in [0.25, 0.3) is 5.65 Å². The Morgan fingerprint density at radius 1 is 1.33 bits per heavy atom. The van der Waals surface area contributed by atoms with Crippen LogP contribution >= 0.6 is 0 Å². The van der Waals surface area contributed by atoms with E-state index in [4.69, 9.17) is 0 Å². The fraction of sp³-hybridized carbons (Fsp3) is 0.533. The van der Waals surface area contributed by atoms with Crippen LogP contribution in [0.15, 0.2) is 24.7 Å². The summed E-state index contributed by atoms with van der Waals surface area (Å²) in [4.78, 5) is 17.8. The summed E-state index contributed by atoms with van der Waals surface area (Å²) in [6.07, 6.45) is 1.88. The predicted molar refractivity (Wildman–Crippen MR) is 80.5 cm³/mol. The average molecular weight is 341 g/mol. The van der Waals surface area contributed by atoms with E-state index in [2.05, 4.69) is 15.4 Å². The second kappa shape index (κ2) is 6.76. The molecule has 9 heteroatoms. The summed E-state index contributed by atoms with van der Waals surface area (Å²) in [5.74, 6) is -0.0744. The van der Waals surface area contributed by atoms with Gasteiger partial charge in [-0.25, -0.2) is 9.50 Å². The van der Waals surface area contributed by atoms with Crippen molar-refractivity contribution < 1.29 is 18.0 Å². The molecule has 130 valence electrons. The first-order valence-electron chi connectivity index (χ1n) is 7.78. The van der Waals surface area contributed by atoms with Gasteiger partial charge in [0.15, 0.2) is 5.65 Å². The molecule has 3 heterocycles. The first-order chi connectivity index (χ1) is 11.4. The summed E-state index contributed by atoms with van der Waals surface area (Å²) in [7, 11) is 0. The van der Waals surface area contributed by atoms with Crippen LogP contribution in [-0.4, -0.2) is 57.8 Å². The third-order valence-corrected chi connectivity index (χ3v) is 4.19. The zero-order valence-electron chi connectivity index (χ0n) is 13.0. The summed E-state index contributed by atoms with van der Waals surface area (Å²) in [6.45, 7) is 0.389. The number of aromatic nitrogens is 3. The van der Waals surface area contributed by atoms with Gasteiger partial charge in [-0.15, -0.1) is 0 Å². The molecule has 0 saturated carbocycles. The molecule has 1 aliphatic rings. The molecule has 1 amide bonds. The number of hydrogen-bond acceptors (Lipinski definition) is 4. The molecule has 0 aromatic carbocycles. The molecule has 0 radical (unpaired) electrons. The SMILES string of the molecule is O=C(NCC1CCN(CC(F)(F)F)CC1)c1cnn2cccnc12. The van der Waals surface area contributed by atoms with Gasteiger partial charge in [0.05, 0.1) is 12.7 Å². The molecule has 0 aliphatic carbocycles. The predicted octanol–water partition coefficient (Wildman–Crippen LogP) is 1.73. The molecule has 2 aromatic rings. The van der Waals surface area contributed by atoms with Gasteiger partial charge in [-0.3, -0.25) is 9.69 Å². The molecule has 0 bridgehead atoms. The van der Waals surface area contributed by atoms with E-state index < -0.39 is 12.7 Å². The van der Waals surface area contributed by atoms with Gasteiger partial charge < -0.3 is 5.32 Å². The van der Waals surface area contributed by atoms with E-state index in [1.807, 2.05) is 0 Å². The Morgan fingerprint density at radius 2 is 2.08 bits per heavy atom. The lowest BCUT2D eigenvalue weighted by molar-refractivity contribution is -0.148. The number of rotatable bonds is 4. The van der Waals surface area contributed by atoms with Gasteiger partial charge in [0.25, 0.3) is 5.91 Å². The fourth-order valence-electron chi connectivity index (χ4n) is 2.92. The number of nitrogens with one attached hydrogen (secondary N) is 1. The number of amides is 1. The number of alkyl halides is 3. The van der Waals surface area contributed by atoms with Crippen molar-refractivity contribution in [2.24, 2.45) is 5.92 Å². The minimum atomic E-state index is -4.16. The van der Waals surface area contributed by atoms with Crippen LogP contribution in [0.5, 0.6) is 0 Å². The van der Waals surface area contributed by atoms with Crippen LogP contribution in [0.2, 0.25) is 0 Å². The lowest BCUT2D eigenvalue weighted by Crippen LogP contribution is -2.42. The summed E-state index contributed by atoms with van der Waals surface area (Å²) in [5, 5.41) is 6.90. The Bertz CT molecular complexity index is 706. The summed E-state index contributed by atoms with van der Waals surface area (Å²) in [6, 6.07) is 1.72. The van der Waals surface area contributed by atoms with Crippen molar-refractivity contribution in [2.75, 3.05) is 26.2 Å². The van der Waals surface area contributed by atoms with E-state index in [0.29, 0.717) is 43.7 Å². The van der Waals surface area contributed by atoms with Gasteiger partial charge in [-0.05, 0) is 37.9 Å². The molecular weight excluding hydrogens is 323 g/mol. The second-order valence-electron chi connectivity index (χ2n) is 5.99. The van der Waals surface area contributed by atoms with E-state index >= 15 is 0 Å². The van der Waals surface area contributed by atoms with E-state index in [9.17, 15) is 18.0 Å². The van der Waals surface area contributed by atoms with E-state index in [1.54, 1.807) is 18.5 Å². The van der Waals surface area contributed by atoms with Gasteiger partial charge >= 0.3 is 6.18 Å². The first-order valence-corrected chi connectivity index (χ1v) is 7.78. The molecule has 1 fully saturated rings. The monoisotopic (exact) mass is 341 g/mol. The maximum atomic E-state index is 12.4. The zero-order valence-corrected chi connectivity index (χ0v) is 13.0. The largest absolute Gasteiger partial charge is 0.401 e. The zero-order chi connectivity index (χ0) is 17.2. The van der Waals surface area contributed by atoms with Crippen molar-refractivity contribution in [3.8, 4) is 0 Å². The van der Waals surface area contributed by atoms with Crippen molar-refractivity contribution in [3.05, 3.63) is 30.2 Å². The molecule has 0 unspecified atom stereocenters. The average Bonchev–Trinajstić information content (AvgIpc) is 2.96. The van der Waals surface area contributed by atoms with Gasteiger partial charge in [0.1, 0.15) is 5.56 Å². The van der Waals surface area contributed by atoms with E-state index in [0.717, 1.165) is 0 Å². The smallest absolute Gasteiger partial charge is 0.352 e. The van der Waals surface area contributed by atoms with Gasteiger partial charge in [-0.2, -0.15) is 18.3 Å². The molecule has 24 heavy (non-hydrogen) atoms. The Kier molecular flexibility index (Phi) is 4.70. The minimum absolute atomic E-state index is 0.188.